The Morgan fingerprint density at radius 3 is 1.76 bits per heavy atom. The summed E-state index contributed by atoms with van der Waals surface area (Å²) in [6, 6.07) is 3.40. The van der Waals surface area contributed by atoms with Crippen LogP contribution in [0.3, 0.4) is 0 Å². The second-order valence-electron chi connectivity index (χ2n) is 5.18. The molecule has 0 aliphatic carbocycles. The zero-order chi connectivity index (χ0) is 16.4. The van der Waals surface area contributed by atoms with Crippen molar-refractivity contribution in [3.05, 3.63) is 17.7 Å². The number of rotatable bonds is 6. The highest BCUT2D eigenvalue weighted by Crippen LogP contribution is 2.48. The van der Waals surface area contributed by atoms with Gasteiger partial charge in [-0.15, -0.1) is 0 Å². The van der Waals surface area contributed by atoms with Crippen molar-refractivity contribution in [1.29, 1.82) is 0 Å². The lowest BCUT2D eigenvalue weighted by Gasteiger charge is -2.30. The monoisotopic (exact) mass is 380 g/mol. The fourth-order valence-electron chi connectivity index (χ4n) is 1.82. The van der Waals surface area contributed by atoms with Crippen molar-refractivity contribution in [2.24, 2.45) is 0 Å². The summed E-state index contributed by atoms with van der Waals surface area (Å²) in [7, 11) is 1.27. The Kier molecular flexibility index (Phi) is 5.55. The van der Waals surface area contributed by atoms with Crippen molar-refractivity contribution in [1.82, 2.24) is 0 Å². The maximum Gasteiger partial charge on any atom is 0.154 e. The Balaban J connectivity index is 3.55. The van der Waals surface area contributed by atoms with Crippen molar-refractivity contribution in [3.8, 4) is 17.2 Å². The van der Waals surface area contributed by atoms with E-state index in [1.54, 1.807) is 33.1 Å². The minimum absolute atomic E-state index is 0.504. The lowest BCUT2D eigenvalue weighted by atomic mass is 9.99. The van der Waals surface area contributed by atoms with Crippen LogP contribution in [0.2, 0.25) is 0 Å². The van der Waals surface area contributed by atoms with Gasteiger partial charge in [-0.05, 0) is 13.8 Å². The molecule has 0 bridgehead atoms. The van der Waals surface area contributed by atoms with Crippen LogP contribution >= 0.6 is 15.9 Å². The number of hydrogen-bond donors (Lipinski definition) is 0. The van der Waals surface area contributed by atoms with E-state index >= 15 is 0 Å². The molecular weight excluding hydrogens is 360 g/mol. The van der Waals surface area contributed by atoms with Gasteiger partial charge >= 0.3 is 0 Å². The summed E-state index contributed by atoms with van der Waals surface area (Å²) < 4.78 is 39.0. The third kappa shape index (κ3) is 3.45. The fourth-order valence-corrected chi connectivity index (χ4v) is 3.78. The van der Waals surface area contributed by atoms with Crippen LogP contribution in [0.5, 0.6) is 17.2 Å². The molecule has 1 rings (SSSR count). The smallest absolute Gasteiger partial charge is 0.154 e. The van der Waals surface area contributed by atoms with Crippen LogP contribution in [0.15, 0.2) is 12.1 Å². The molecule has 21 heavy (non-hydrogen) atoms. The second-order valence-corrected chi connectivity index (χ2v) is 8.70. The van der Waals surface area contributed by atoms with E-state index in [4.69, 9.17) is 14.2 Å². The third-order valence-corrected chi connectivity index (χ3v) is 7.63. The highest BCUT2D eigenvalue weighted by atomic mass is 79.9. The van der Waals surface area contributed by atoms with Crippen molar-refractivity contribution in [3.63, 3.8) is 0 Å². The fraction of sp³-hybridized carbons (Fsp3) is 0.571. The SMILES string of the molecule is COc1cc(OC)c(C(Br)C(C)(C)S(C)(=O)=O)c(OC)c1. The normalized spacial score (nSPS) is 13.7. The van der Waals surface area contributed by atoms with Crippen LogP contribution in [0.1, 0.15) is 24.2 Å². The van der Waals surface area contributed by atoms with Crippen molar-refractivity contribution >= 4 is 25.8 Å². The Hall–Kier alpha value is -0.950. The third-order valence-electron chi connectivity index (χ3n) is 3.57. The van der Waals surface area contributed by atoms with E-state index in [-0.39, 0.29) is 0 Å². The topological polar surface area (TPSA) is 61.8 Å². The highest BCUT2D eigenvalue weighted by Gasteiger charge is 2.41. The zero-order valence-electron chi connectivity index (χ0n) is 13.1. The predicted octanol–water partition coefficient (Wildman–Crippen LogP) is 2.97. The molecule has 5 nitrogen and oxygen atoms in total. The molecule has 1 aromatic carbocycles. The Morgan fingerprint density at radius 2 is 1.48 bits per heavy atom. The van der Waals surface area contributed by atoms with Gasteiger partial charge in [0.2, 0.25) is 0 Å². The largest absolute Gasteiger partial charge is 0.496 e. The second kappa shape index (κ2) is 6.44. The van der Waals surface area contributed by atoms with E-state index in [0.717, 1.165) is 0 Å². The molecule has 1 unspecified atom stereocenters. The quantitative estimate of drug-likeness (QED) is 0.709. The molecule has 0 saturated carbocycles. The number of alkyl halides is 1. The summed E-state index contributed by atoms with van der Waals surface area (Å²) in [6.45, 7) is 3.32. The molecule has 0 saturated heterocycles. The van der Waals surface area contributed by atoms with Gasteiger partial charge in [-0.25, -0.2) is 8.42 Å². The summed E-state index contributed by atoms with van der Waals surface area (Å²) in [4.78, 5) is -0.504. The number of sulfone groups is 1. The van der Waals surface area contributed by atoms with E-state index < -0.39 is 19.4 Å². The van der Waals surface area contributed by atoms with E-state index in [1.807, 2.05) is 0 Å². The number of ether oxygens (including phenoxy) is 3. The summed E-state index contributed by atoms with van der Waals surface area (Å²) in [5, 5.41) is 0. The van der Waals surface area contributed by atoms with Crippen LogP contribution in [0.4, 0.5) is 0 Å². The molecule has 0 fully saturated rings. The zero-order valence-corrected chi connectivity index (χ0v) is 15.5. The number of hydrogen-bond acceptors (Lipinski definition) is 5. The molecule has 120 valence electrons. The van der Waals surface area contributed by atoms with Crippen LogP contribution in [0.25, 0.3) is 0 Å². The lowest BCUT2D eigenvalue weighted by molar-refractivity contribution is 0.366. The Morgan fingerprint density at radius 1 is 1.05 bits per heavy atom. The van der Waals surface area contributed by atoms with Gasteiger partial charge in [0.25, 0.3) is 0 Å². The maximum atomic E-state index is 12.1. The molecule has 1 atom stereocenters. The molecule has 0 aromatic heterocycles. The molecule has 0 radical (unpaired) electrons. The Labute approximate surface area is 134 Å². The van der Waals surface area contributed by atoms with E-state index in [1.165, 1.54) is 20.5 Å². The summed E-state index contributed by atoms with van der Waals surface area (Å²) >= 11 is 3.49. The molecule has 0 amide bonds. The standard InChI is InChI=1S/C14H21BrO5S/c1-14(2,21(6,16)17)13(15)12-10(19-4)7-9(18-3)8-11(12)20-5/h7-8,13H,1-6H3. The van der Waals surface area contributed by atoms with E-state index in [9.17, 15) is 8.42 Å². The molecule has 0 N–H and O–H groups in total. The molecule has 0 heterocycles. The van der Waals surface area contributed by atoms with Crippen molar-refractivity contribution in [2.75, 3.05) is 27.6 Å². The lowest BCUT2D eigenvalue weighted by Crippen LogP contribution is -2.35. The number of benzene rings is 1. The number of halogens is 1. The van der Waals surface area contributed by atoms with Gasteiger partial charge in [-0.2, -0.15) is 0 Å². The number of methoxy groups -OCH3 is 3. The summed E-state index contributed by atoms with van der Waals surface area (Å²) in [5.74, 6) is 1.58. The van der Waals surface area contributed by atoms with Crippen LogP contribution in [0, 0.1) is 0 Å². The maximum absolute atomic E-state index is 12.1. The average Bonchev–Trinajstić information content (AvgIpc) is 2.43. The van der Waals surface area contributed by atoms with E-state index in [0.29, 0.717) is 22.8 Å². The molecule has 1 aromatic rings. The highest BCUT2D eigenvalue weighted by molar-refractivity contribution is 9.09. The molecule has 0 aliphatic heterocycles. The van der Waals surface area contributed by atoms with Gasteiger partial charge in [0, 0.05) is 18.4 Å². The minimum atomic E-state index is -3.30. The molecule has 0 aliphatic rings. The van der Waals surface area contributed by atoms with Gasteiger partial charge in [0.15, 0.2) is 9.84 Å². The van der Waals surface area contributed by atoms with Crippen LogP contribution < -0.4 is 14.2 Å². The van der Waals surface area contributed by atoms with Gasteiger partial charge in [0.1, 0.15) is 17.2 Å². The van der Waals surface area contributed by atoms with Gasteiger partial charge < -0.3 is 14.2 Å². The first kappa shape index (κ1) is 18.1. The molecule has 0 spiro atoms. The molecular formula is C14H21BrO5S. The summed E-state index contributed by atoms with van der Waals surface area (Å²) in [5.41, 5.74) is 0.635. The van der Waals surface area contributed by atoms with Crippen molar-refractivity contribution < 1.29 is 22.6 Å². The Bertz CT molecular complexity index is 585. The van der Waals surface area contributed by atoms with E-state index in [2.05, 4.69) is 15.9 Å². The van der Waals surface area contributed by atoms with Crippen LogP contribution in [-0.2, 0) is 9.84 Å². The first-order valence-electron chi connectivity index (χ1n) is 6.23. The minimum Gasteiger partial charge on any atom is -0.496 e. The van der Waals surface area contributed by atoms with Gasteiger partial charge in [0.05, 0.1) is 36.5 Å². The van der Waals surface area contributed by atoms with Crippen LogP contribution in [-0.4, -0.2) is 40.7 Å². The van der Waals surface area contributed by atoms with Crippen molar-refractivity contribution in [2.45, 2.75) is 23.4 Å². The summed E-state index contributed by atoms with van der Waals surface area (Å²) in [6.07, 6.45) is 1.21. The van der Waals surface area contributed by atoms with Gasteiger partial charge in [-0.1, -0.05) is 15.9 Å². The first-order chi connectivity index (χ1) is 9.60. The predicted molar refractivity (Wildman–Crippen MR) is 86.7 cm³/mol. The first-order valence-corrected chi connectivity index (χ1v) is 9.04. The molecule has 7 heteroatoms. The van der Waals surface area contributed by atoms with Gasteiger partial charge in [-0.3, -0.25) is 0 Å². The average molecular weight is 381 g/mol.